The van der Waals surface area contributed by atoms with E-state index >= 15 is 0 Å². The molecule has 2 aliphatic rings. The van der Waals surface area contributed by atoms with E-state index in [4.69, 9.17) is 0 Å². The zero-order valence-corrected chi connectivity index (χ0v) is 4.85. The van der Waals surface area contributed by atoms with Gasteiger partial charge < -0.3 is 5.32 Å². The summed E-state index contributed by atoms with van der Waals surface area (Å²) in [7, 11) is 0. The second kappa shape index (κ2) is 1.69. The Labute approximate surface area is 55.7 Å². The van der Waals surface area contributed by atoms with Crippen molar-refractivity contribution in [3.05, 3.63) is 0 Å². The number of rotatable bonds is 0. The smallest absolute Gasteiger partial charge is 0.259 e. The van der Waals surface area contributed by atoms with Crippen LogP contribution in [0.15, 0.2) is 20.4 Å². The normalized spacial score (nSPS) is 27.8. The first-order valence-electron chi connectivity index (χ1n) is 2.68. The lowest BCUT2D eigenvalue weighted by Gasteiger charge is -2.07. The van der Waals surface area contributed by atoms with Gasteiger partial charge in [0, 0.05) is 0 Å². The van der Waals surface area contributed by atoms with Crippen LogP contribution in [0.4, 0.5) is 0 Å². The molecule has 6 heteroatoms. The third-order valence-electron chi connectivity index (χ3n) is 1.21. The number of aliphatic imine (C=N–C) groups is 1. The second-order valence-corrected chi connectivity index (χ2v) is 1.83. The zero-order valence-electron chi connectivity index (χ0n) is 4.85. The molecule has 10 heavy (non-hydrogen) atoms. The van der Waals surface area contributed by atoms with E-state index in [0.29, 0.717) is 5.84 Å². The van der Waals surface area contributed by atoms with Gasteiger partial charge in [-0.3, -0.25) is 4.79 Å². The number of amides is 1. The highest BCUT2D eigenvalue weighted by molar-refractivity contribution is 6.16. The molecule has 1 atom stereocenters. The molecule has 2 aliphatic heterocycles. The van der Waals surface area contributed by atoms with Gasteiger partial charge >= 0.3 is 0 Å². The monoisotopic (exact) mass is 137 g/mol. The van der Waals surface area contributed by atoms with Crippen molar-refractivity contribution in [3.63, 3.8) is 0 Å². The van der Waals surface area contributed by atoms with Gasteiger partial charge in [0.2, 0.25) is 6.04 Å². The van der Waals surface area contributed by atoms with Crippen molar-refractivity contribution in [3.8, 4) is 0 Å². The summed E-state index contributed by atoms with van der Waals surface area (Å²) in [5.74, 6) is 0.138. The lowest BCUT2D eigenvalue weighted by molar-refractivity contribution is -0.119. The maximum atomic E-state index is 10.8. The lowest BCUT2D eigenvalue weighted by Crippen LogP contribution is -2.40. The molecule has 1 unspecified atom stereocenters. The highest BCUT2D eigenvalue weighted by Crippen LogP contribution is 2.08. The standard InChI is InChI=1S/C4H3N5O/c10-4-2-3(5-1-6-4)8-9-7-2/h1-2H,(H,5,6,7,8,10). The Hall–Kier alpha value is -1.59. The average Bonchev–Trinajstić information content (AvgIpc) is 2.36. The molecule has 0 aliphatic carbocycles. The number of fused-ring (bicyclic) bond motifs is 1. The fourth-order valence-electron chi connectivity index (χ4n) is 0.737. The molecule has 0 fully saturated rings. The molecule has 0 aromatic rings. The Balaban J connectivity index is 2.41. The molecule has 0 radical (unpaired) electrons. The number of amidine groups is 1. The Morgan fingerprint density at radius 3 is 3.30 bits per heavy atom. The van der Waals surface area contributed by atoms with Gasteiger partial charge in [0.15, 0.2) is 5.84 Å². The Bertz CT molecular complexity index is 265. The van der Waals surface area contributed by atoms with Crippen LogP contribution in [-0.2, 0) is 4.79 Å². The van der Waals surface area contributed by atoms with Gasteiger partial charge in [0.05, 0.1) is 6.34 Å². The van der Waals surface area contributed by atoms with Crippen LogP contribution in [0.5, 0.6) is 0 Å². The number of carbonyl (C=O) groups excluding carboxylic acids is 1. The zero-order chi connectivity index (χ0) is 6.97. The summed E-state index contributed by atoms with van der Waals surface area (Å²) in [5.41, 5.74) is 0. The number of hydrogen-bond donors (Lipinski definition) is 1. The van der Waals surface area contributed by atoms with Crippen molar-refractivity contribution < 1.29 is 4.79 Å². The predicted octanol–water partition coefficient (Wildman–Crippen LogP) is -0.708. The quantitative estimate of drug-likeness (QED) is 0.470. The number of carbonyl (C=O) groups is 1. The van der Waals surface area contributed by atoms with Crippen LogP contribution >= 0.6 is 0 Å². The fraction of sp³-hybridized carbons (Fsp3) is 0.250. The number of nitrogens with one attached hydrogen (secondary N) is 1. The van der Waals surface area contributed by atoms with E-state index in [1.54, 1.807) is 0 Å². The molecular weight excluding hydrogens is 134 g/mol. The van der Waals surface area contributed by atoms with Crippen molar-refractivity contribution in [1.29, 1.82) is 0 Å². The third kappa shape index (κ3) is 0.554. The molecule has 0 aromatic heterocycles. The SMILES string of the molecule is O=C1NC=NC2=NN=NC12. The van der Waals surface area contributed by atoms with Crippen molar-refractivity contribution in [2.24, 2.45) is 20.4 Å². The molecule has 50 valence electrons. The van der Waals surface area contributed by atoms with E-state index in [-0.39, 0.29) is 5.91 Å². The van der Waals surface area contributed by atoms with Gasteiger partial charge in [0.1, 0.15) is 0 Å². The first kappa shape index (κ1) is 5.21. The van der Waals surface area contributed by atoms with Crippen LogP contribution in [0.1, 0.15) is 0 Å². The van der Waals surface area contributed by atoms with Gasteiger partial charge in [-0.1, -0.05) is 0 Å². The van der Waals surface area contributed by atoms with Gasteiger partial charge in [0.25, 0.3) is 5.91 Å². The Morgan fingerprint density at radius 1 is 1.60 bits per heavy atom. The third-order valence-corrected chi connectivity index (χ3v) is 1.21. The van der Waals surface area contributed by atoms with Gasteiger partial charge in [-0.25, -0.2) is 4.99 Å². The first-order valence-corrected chi connectivity index (χ1v) is 2.68. The van der Waals surface area contributed by atoms with Crippen molar-refractivity contribution in [1.82, 2.24) is 5.32 Å². The molecule has 0 saturated carbocycles. The summed E-state index contributed by atoms with van der Waals surface area (Å²) in [6, 6.07) is -0.606. The van der Waals surface area contributed by atoms with E-state index < -0.39 is 6.04 Å². The van der Waals surface area contributed by atoms with Crippen LogP contribution in [0.3, 0.4) is 0 Å². The molecule has 2 heterocycles. The summed E-state index contributed by atoms with van der Waals surface area (Å²) in [4.78, 5) is 14.6. The minimum atomic E-state index is -0.606. The minimum absolute atomic E-state index is 0.227. The van der Waals surface area contributed by atoms with E-state index in [1.807, 2.05) is 0 Å². The summed E-state index contributed by atoms with van der Waals surface area (Å²) < 4.78 is 0. The number of hydrogen-bond acceptors (Lipinski definition) is 5. The largest absolute Gasteiger partial charge is 0.314 e. The first-order chi connectivity index (χ1) is 4.88. The van der Waals surface area contributed by atoms with Crippen molar-refractivity contribution in [2.45, 2.75) is 6.04 Å². The van der Waals surface area contributed by atoms with E-state index in [9.17, 15) is 4.79 Å². The molecule has 0 bridgehead atoms. The Kier molecular flexibility index (Phi) is 0.883. The van der Waals surface area contributed by atoms with Crippen molar-refractivity contribution >= 4 is 18.1 Å². The van der Waals surface area contributed by atoms with Crippen LogP contribution in [0.2, 0.25) is 0 Å². The lowest BCUT2D eigenvalue weighted by atomic mass is 10.2. The van der Waals surface area contributed by atoms with Crippen molar-refractivity contribution in [2.75, 3.05) is 0 Å². The molecular formula is C4H3N5O. The highest BCUT2D eigenvalue weighted by atomic mass is 16.2. The van der Waals surface area contributed by atoms with E-state index in [2.05, 4.69) is 25.7 Å². The maximum absolute atomic E-state index is 10.8. The van der Waals surface area contributed by atoms with E-state index in [1.165, 1.54) is 6.34 Å². The summed E-state index contributed by atoms with van der Waals surface area (Å²) >= 11 is 0. The van der Waals surface area contributed by atoms with Gasteiger partial charge in [-0.05, 0) is 5.22 Å². The molecule has 1 N–H and O–H groups in total. The molecule has 0 spiro atoms. The summed E-state index contributed by atoms with van der Waals surface area (Å²) in [6.07, 6.45) is 1.29. The molecule has 2 rings (SSSR count). The molecule has 1 amide bonds. The Morgan fingerprint density at radius 2 is 2.50 bits per heavy atom. The molecule has 0 saturated heterocycles. The summed E-state index contributed by atoms with van der Waals surface area (Å²) in [5, 5.41) is 12.8. The number of nitrogens with zero attached hydrogens (tertiary/aromatic N) is 4. The maximum Gasteiger partial charge on any atom is 0.259 e. The van der Waals surface area contributed by atoms with Gasteiger partial charge in [-0.15, -0.1) is 10.2 Å². The van der Waals surface area contributed by atoms with Crippen LogP contribution in [0, 0.1) is 0 Å². The second-order valence-electron chi connectivity index (χ2n) is 1.83. The fourth-order valence-corrected chi connectivity index (χ4v) is 0.737. The minimum Gasteiger partial charge on any atom is -0.314 e. The van der Waals surface area contributed by atoms with Crippen LogP contribution in [0.25, 0.3) is 0 Å². The highest BCUT2D eigenvalue weighted by Gasteiger charge is 2.29. The molecule has 0 aromatic carbocycles. The average molecular weight is 137 g/mol. The van der Waals surface area contributed by atoms with Crippen LogP contribution < -0.4 is 5.32 Å². The topological polar surface area (TPSA) is 78.5 Å². The summed E-state index contributed by atoms with van der Waals surface area (Å²) in [6.45, 7) is 0. The van der Waals surface area contributed by atoms with E-state index in [0.717, 1.165) is 0 Å². The van der Waals surface area contributed by atoms with Gasteiger partial charge in [-0.2, -0.15) is 0 Å². The molecule has 6 nitrogen and oxygen atoms in total. The van der Waals surface area contributed by atoms with Crippen LogP contribution in [-0.4, -0.2) is 24.1 Å². The predicted molar refractivity (Wildman–Crippen MR) is 32.7 cm³/mol.